The topological polar surface area (TPSA) is 118 Å². The van der Waals surface area contributed by atoms with E-state index in [1.165, 1.54) is 0 Å². The number of phenols is 1. The Kier molecular flexibility index (Phi) is 12.2. The number of carbonyl (C=O) groups excluding carboxylic acids is 2. The molecular formula is C36H49O9P. The highest BCUT2D eigenvalue weighted by Crippen LogP contribution is 2.50. The number of phenolic OH excluding ortho intramolecular Hbond substituents is 1. The first kappa shape index (κ1) is 37.2. The maximum Gasteiger partial charge on any atom is 0.361 e. The molecule has 3 rings (SSSR count). The van der Waals surface area contributed by atoms with Crippen LogP contribution in [0.3, 0.4) is 0 Å². The van der Waals surface area contributed by atoms with Crippen LogP contribution in [0.1, 0.15) is 85.4 Å². The molecule has 2 aromatic carbocycles. The lowest BCUT2D eigenvalue weighted by Crippen LogP contribution is -2.31. The SMILES string of the molecule is CC1=CC(C)(OCP(=O)(OCOC(=O)C(C)(C)C)OCOC(=O)C(C)(C)C)CC(C)=C1Cc1ccc(O)c(Cc2ccccc2)c1. The lowest BCUT2D eigenvalue weighted by atomic mass is 9.81. The average Bonchev–Trinajstić information content (AvgIpc) is 2.95. The third-order valence-electron chi connectivity index (χ3n) is 7.55. The molecule has 1 unspecified atom stereocenters. The zero-order chi connectivity index (χ0) is 34.3. The highest BCUT2D eigenvalue weighted by atomic mass is 31.2. The zero-order valence-electron chi connectivity index (χ0n) is 28.6. The van der Waals surface area contributed by atoms with Crippen LogP contribution in [0.2, 0.25) is 0 Å². The third kappa shape index (κ3) is 10.9. The van der Waals surface area contributed by atoms with Crippen molar-refractivity contribution >= 4 is 19.5 Å². The fraction of sp³-hybridized carbons (Fsp3) is 0.500. The van der Waals surface area contributed by atoms with E-state index in [2.05, 4.69) is 0 Å². The monoisotopic (exact) mass is 656 g/mol. The van der Waals surface area contributed by atoms with Gasteiger partial charge in [0.05, 0.1) is 16.4 Å². The summed E-state index contributed by atoms with van der Waals surface area (Å²) in [5.74, 6) is -0.803. The van der Waals surface area contributed by atoms with Gasteiger partial charge in [-0.3, -0.25) is 23.2 Å². The van der Waals surface area contributed by atoms with Crippen molar-refractivity contribution in [3.63, 3.8) is 0 Å². The van der Waals surface area contributed by atoms with Gasteiger partial charge in [-0.15, -0.1) is 0 Å². The lowest BCUT2D eigenvalue weighted by Gasteiger charge is -2.34. The van der Waals surface area contributed by atoms with Crippen molar-refractivity contribution in [2.24, 2.45) is 10.8 Å². The van der Waals surface area contributed by atoms with Gasteiger partial charge < -0.3 is 19.3 Å². The van der Waals surface area contributed by atoms with Crippen LogP contribution in [0, 0.1) is 10.8 Å². The fourth-order valence-electron chi connectivity index (χ4n) is 4.95. The number of rotatable bonds is 13. The van der Waals surface area contributed by atoms with E-state index < -0.39 is 55.9 Å². The maximum atomic E-state index is 13.7. The Labute approximate surface area is 273 Å². The minimum absolute atomic E-state index is 0.269. The molecule has 1 aliphatic rings. The van der Waals surface area contributed by atoms with Gasteiger partial charge in [-0.05, 0) is 109 Å². The second-order valence-corrected chi connectivity index (χ2v) is 16.1. The van der Waals surface area contributed by atoms with E-state index in [9.17, 15) is 19.3 Å². The van der Waals surface area contributed by atoms with Gasteiger partial charge in [0, 0.05) is 12.8 Å². The summed E-state index contributed by atoms with van der Waals surface area (Å²) in [5, 5.41) is 10.5. The molecular weight excluding hydrogens is 607 g/mol. The van der Waals surface area contributed by atoms with E-state index in [0.717, 1.165) is 33.4 Å². The van der Waals surface area contributed by atoms with Crippen LogP contribution in [-0.2, 0) is 50.3 Å². The number of carbonyl (C=O) groups is 2. The minimum Gasteiger partial charge on any atom is -0.508 e. The summed E-state index contributed by atoms with van der Waals surface area (Å²) in [6.07, 6.45) is 3.36. The molecule has 0 radical (unpaired) electrons. The van der Waals surface area contributed by atoms with E-state index in [4.69, 9.17) is 23.3 Å². The van der Waals surface area contributed by atoms with Gasteiger partial charge in [0.1, 0.15) is 12.1 Å². The van der Waals surface area contributed by atoms with Gasteiger partial charge >= 0.3 is 19.5 Å². The standard InChI is InChI=1S/C36H49O9P/c1-25-20-36(9,21-26(2)30(25)19-28-15-16-31(37)29(18-28)17-27-13-11-10-12-14-27)43-24-46(40,44-22-41-32(38)34(3,4)5)45-23-42-33(39)35(6,7)8/h10-16,18,20,37H,17,19,21-24H2,1-9H3. The molecule has 46 heavy (non-hydrogen) atoms. The van der Waals surface area contributed by atoms with Gasteiger partial charge in [0.2, 0.25) is 13.6 Å². The first-order valence-electron chi connectivity index (χ1n) is 15.4. The molecule has 0 saturated carbocycles. The predicted molar refractivity (Wildman–Crippen MR) is 177 cm³/mol. The highest BCUT2D eigenvalue weighted by molar-refractivity contribution is 7.53. The van der Waals surface area contributed by atoms with Crippen molar-refractivity contribution in [1.82, 2.24) is 0 Å². The van der Waals surface area contributed by atoms with Crippen molar-refractivity contribution in [2.45, 2.75) is 87.2 Å². The second-order valence-electron chi connectivity index (χ2n) is 14.1. The molecule has 1 atom stereocenters. The molecule has 1 aliphatic carbocycles. The molecule has 10 heteroatoms. The molecule has 1 N–H and O–H groups in total. The molecule has 0 bridgehead atoms. The second kappa shape index (κ2) is 15.1. The number of aromatic hydroxyl groups is 1. The van der Waals surface area contributed by atoms with E-state index in [-0.39, 0.29) is 5.75 Å². The smallest absolute Gasteiger partial charge is 0.361 e. The number of ether oxygens (including phenoxy) is 3. The Morgan fingerprint density at radius 3 is 1.93 bits per heavy atom. The van der Waals surface area contributed by atoms with E-state index >= 15 is 0 Å². The fourth-order valence-corrected chi connectivity index (χ4v) is 6.05. The molecule has 9 nitrogen and oxygen atoms in total. The average molecular weight is 657 g/mol. The highest BCUT2D eigenvalue weighted by Gasteiger charge is 2.36. The van der Waals surface area contributed by atoms with E-state index in [0.29, 0.717) is 19.3 Å². The maximum absolute atomic E-state index is 13.7. The first-order valence-corrected chi connectivity index (χ1v) is 17.1. The molecule has 0 saturated heterocycles. The first-order chi connectivity index (χ1) is 21.3. The molecule has 252 valence electrons. The van der Waals surface area contributed by atoms with E-state index in [1.807, 2.05) is 69.3 Å². The van der Waals surface area contributed by atoms with Crippen molar-refractivity contribution < 1.29 is 42.5 Å². The summed E-state index contributed by atoms with van der Waals surface area (Å²) in [6.45, 7) is 14.8. The van der Waals surface area contributed by atoms with Crippen LogP contribution in [0.5, 0.6) is 5.75 Å². The number of hydrogen-bond acceptors (Lipinski definition) is 9. The molecule has 0 heterocycles. The van der Waals surface area contributed by atoms with Gasteiger partial charge in [0.15, 0.2) is 0 Å². The summed E-state index contributed by atoms with van der Waals surface area (Å²) in [7, 11) is -4.04. The summed E-state index contributed by atoms with van der Waals surface area (Å²) in [5.41, 5.74) is 3.95. The quantitative estimate of drug-likeness (QED) is 0.129. The molecule has 0 amide bonds. The van der Waals surface area contributed by atoms with Crippen LogP contribution >= 0.6 is 7.60 Å². The van der Waals surface area contributed by atoms with Crippen LogP contribution in [0.25, 0.3) is 0 Å². The summed E-state index contributed by atoms with van der Waals surface area (Å²) < 4.78 is 41.1. The van der Waals surface area contributed by atoms with Crippen LogP contribution in [-0.4, -0.2) is 42.6 Å². The van der Waals surface area contributed by atoms with Crippen molar-refractivity contribution in [3.05, 3.63) is 88.0 Å². The van der Waals surface area contributed by atoms with Crippen molar-refractivity contribution in [1.29, 1.82) is 0 Å². The van der Waals surface area contributed by atoms with Gasteiger partial charge in [-0.1, -0.05) is 48.0 Å². The molecule has 2 aromatic rings. The Bertz CT molecular complexity index is 1460. The summed E-state index contributed by atoms with van der Waals surface area (Å²) in [6, 6.07) is 15.8. The molecule has 0 fully saturated rings. The van der Waals surface area contributed by atoms with E-state index in [1.54, 1.807) is 47.6 Å². The Balaban J connectivity index is 1.71. The Morgan fingerprint density at radius 1 is 0.848 bits per heavy atom. The zero-order valence-corrected chi connectivity index (χ0v) is 29.5. The van der Waals surface area contributed by atoms with Crippen LogP contribution < -0.4 is 0 Å². The van der Waals surface area contributed by atoms with Crippen LogP contribution in [0.15, 0.2) is 71.3 Å². The van der Waals surface area contributed by atoms with Crippen LogP contribution in [0.4, 0.5) is 0 Å². The van der Waals surface area contributed by atoms with Gasteiger partial charge in [-0.2, -0.15) is 0 Å². The summed E-state index contributed by atoms with van der Waals surface area (Å²) in [4.78, 5) is 24.4. The number of esters is 2. The third-order valence-corrected chi connectivity index (χ3v) is 8.99. The van der Waals surface area contributed by atoms with Crippen molar-refractivity contribution in [2.75, 3.05) is 19.9 Å². The Morgan fingerprint density at radius 2 is 1.41 bits per heavy atom. The predicted octanol–water partition coefficient (Wildman–Crippen LogP) is 8.24. The molecule has 0 aromatic heterocycles. The van der Waals surface area contributed by atoms with Gasteiger partial charge in [-0.25, -0.2) is 0 Å². The van der Waals surface area contributed by atoms with Gasteiger partial charge in [0.25, 0.3) is 0 Å². The normalized spacial score (nSPS) is 17.5. The minimum atomic E-state index is -4.04. The number of allylic oxidation sites excluding steroid dienone is 2. The van der Waals surface area contributed by atoms with Crippen molar-refractivity contribution in [3.8, 4) is 5.75 Å². The Hall–Kier alpha value is -3.23. The largest absolute Gasteiger partial charge is 0.508 e. The lowest BCUT2D eigenvalue weighted by molar-refractivity contribution is -0.162. The summed E-state index contributed by atoms with van der Waals surface area (Å²) >= 11 is 0. The number of hydrogen-bond donors (Lipinski definition) is 1. The molecule has 0 aliphatic heterocycles. The number of benzene rings is 2. The molecule has 0 spiro atoms.